The average Bonchev–Trinajstić information content (AvgIpc) is 3.09. The van der Waals surface area contributed by atoms with Crippen LogP contribution in [0.1, 0.15) is 39.2 Å². The van der Waals surface area contributed by atoms with E-state index in [-0.39, 0.29) is 23.8 Å². The molecule has 1 aromatic carbocycles. The zero-order valence-electron chi connectivity index (χ0n) is 16.7. The fourth-order valence-electron chi connectivity index (χ4n) is 3.27. The molecule has 1 N–H and O–H groups in total. The molecule has 1 atom stereocenters. The first-order valence-electron chi connectivity index (χ1n) is 9.36. The summed E-state index contributed by atoms with van der Waals surface area (Å²) in [5.41, 5.74) is 3.18. The van der Waals surface area contributed by atoms with E-state index in [1.165, 1.54) is 27.5 Å². The summed E-state index contributed by atoms with van der Waals surface area (Å²) in [6.45, 7) is 7.24. The number of sulfonamides is 1. The molecule has 2 heterocycles. The number of nitrogens with zero attached hydrogens (tertiary/aromatic N) is 2. The normalized spacial score (nSPS) is 18.8. The number of nitrogens with one attached hydrogen (secondary N) is 1. The highest BCUT2D eigenvalue weighted by atomic mass is 32.2. The molecule has 1 aliphatic heterocycles. The zero-order chi connectivity index (χ0) is 20.5. The van der Waals surface area contributed by atoms with Crippen LogP contribution in [0, 0.1) is 5.92 Å². The van der Waals surface area contributed by atoms with E-state index in [4.69, 9.17) is 0 Å². The van der Waals surface area contributed by atoms with Crippen LogP contribution in [0.25, 0.3) is 11.3 Å². The summed E-state index contributed by atoms with van der Waals surface area (Å²) in [5.74, 6) is -0.515. The van der Waals surface area contributed by atoms with Crippen LogP contribution in [0.4, 0.5) is 5.13 Å². The largest absolute Gasteiger partial charge is 0.302 e. The lowest BCUT2D eigenvalue weighted by atomic mass is 9.86. The van der Waals surface area contributed by atoms with E-state index in [1.54, 1.807) is 0 Å². The van der Waals surface area contributed by atoms with Crippen LogP contribution in [0.5, 0.6) is 0 Å². The Balaban J connectivity index is 1.66. The van der Waals surface area contributed by atoms with Gasteiger partial charge in [0.2, 0.25) is 15.9 Å². The second-order valence-electron chi connectivity index (χ2n) is 8.31. The van der Waals surface area contributed by atoms with Crippen LogP contribution < -0.4 is 5.32 Å². The number of aromatic nitrogens is 1. The third-order valence-electron chi connectivity index (χ3n) is 5.00. The van der Waals surface area contributed by atoms with E-state index < -0.39 is 10.0 Å². The Morgan fingerprint density at radius 3 is 2.54 bits per heavy atom. The average molecular weight is 422 g/mol. The highest BCUT2D eigenvalue weighted by Crippen LogP contribution is 2.29. The molecule has 0 saturated carbocycles. The predicted octanol–water partition coefficient (Wildman–Crippen LogP) is 3.72. The van der Waals surface area contributed by atoms with E-state index in [2.05, 4.69) is 43.2 Å². The molecule has 0 aliphatic carbocycles. The minimum absolute atomic E-state index is 0.0968. The molecule has 1 unspecified atom stereocenters. The third kappa shape index (κ3) is 4.98. The van der Waals surface area contributed by atoms with Crippen LogP contribution in [0.2, 0.25) is 0 Å². The van der Waals surface area contributed by atoms with Crippen molar-refractivity contribution in [1.82, 2.24) is 9.29 Å². The first-order valence-corrected chi connectivity index (χ1v) is 12.1. The van der Waals surface area contributed by atoms with Gasteiger partial charge in [-0.2, -0.15) is 0 Å². The topological polar surface area (TPSA) is 79.4 Å². The molecule has 1 fully saturated rings. The molecule has 1 saturated heterocycles. The fourth-order valence-corrected chi connectivity index (χ4v) is 4.90. The first kappa shape index (κ1) is 21.0. The summed E-state index contributed by atoms with van der Waals surface area (Å²) in [7, 11) is -3.27. The Labute approximate surface area is 171 Å². The van der Waals surface area contributed by atoms with Gasteiger partial charge in [0.05, 0.1) is 17.9 Å². The van der Waals surface area contributed by atoms with Gasteiger partial charge >= 0.3 is 0 Å². The summed E-state index contributed by atoms with van der Waals surface area (Å²) in [5, 5.41) is 5.32. The van der Waals surface area contributed by atoms with E-state index in [0.29, 0.717) is 24.5 Å². The standard InChI is InChI=1S/C20H27N3O3S2/c1-20(2,3)16-9-7-14(8-10-16)17-13-27-19(21-17)22-18(24)15-6-5-11-23(12-15)28(4,25)26/h7-10,13,15H,5-6,11-12H2,1-4H3,(H,21,22,24). The molecule has 8 heteroatoms. The van der Waals surface area contributed by atoms with E-state index in [0.717, 1.165) is 11.3 Å². The van der Waals surface area contributed by atoms with Crippen molar-refractivity contribution in [2.75, 3.05) is 24.7 Å². The maximum atomic E-state index is 12.6. The molecule has 0 radical (unpaired) electrons. The number of carbonyl (C=O) groups is 1. The molecule has 3 rings (SSSR count). The van der Waals surface area contributed by atoms with Gasteiger partial charge in [-0.25, -0.2) is 17.7 Å². The molecule has 0 bridgehead atoms. The van der Waals surface area contributed by atoms with Gasteiger partial charge in [0, 0.05) is 24.0 Å². The van der Waals surface area contributed by atoms with Crippen LogP contribution in [-0.4, -0.2) is 43.0 Å². The maximum Gasteiger partial charge on any atom is 0.230 e. The van der Waals surface area contributed by atoms with Crippen LogP contribution in [0.3, 0.4) is 0 Å². The number of hydrogen-bond acceptors (Lipinski definition) is 5. The van der Waals surface area contributed by atoms with Gasteiger partial charge in [-0.05, 0) is 23.8 Å². The van der Waals surface area contributed by atoms with Crippen molar-refractivity contribution in [3.8, 4) is 11.3 Å². The van der Waals surface area contributed by atoms with Crippen molar-refractivity contribution in [2.24, 2.45) is 5.92 Å². The van der Waals surface area contributed by atoms with Gasteiger partial charge < -0.3 is 5.32 Å². The highest BCUT2D eigenvalue weighted by molar-refractivity contribution is 7.88. The van der Waals surface area contributed by atoms with E-state index in [1.807, 2.05) is 17.5 Å². The Kier molecular flexibility index (Phi) is 5.93. The highest BCUT2D eigenvalue weighted by Gasteiger charge is 2.30. The monoisotopic (exact) mass is 421 g/mol. The van der Waals surface area contributed by atoms with Gasteiger partial charge in [0.15, 0.2) is 5.13 Å². The number of thiazole rings is 1. The minimum atomic E-state index is -3.27. The molecular formula is C20H27N3O3S2. The molecule has 1 aromatic heterocycles. The van der Waals surface area contributed by atoms with E-state index in [9.17, 15) is 13.2 Å². The Hall–Kier alpha value is -1.77. The van der Waals surface area contributed by atoms with Crippen LogP contribution in [-0.2, 0) is 20.2 Å². The molecular weight excluding hydrogens is 394 g/mol. The second kappa shape index (κ2) is 7.93. The molecule has 1 aliphatic rings. The number of anilines is 1. The second-order valence-corrected chi connectivity index (χ2v) is 11.2. The lowest BCUT2D eigenvalue weighted by Crippen LogP contribution is -2.43. The Morgan fingerprint density at radius 1 is 1.25 bits per heavy atom. The number of hydrogen-bond donors (Lipinski definition) is 1. The van der Waals surface area contributed by atoms with Crippen molar-refractivity contribution >= 4 is 32.4 Å². The summed E-state index contributed by atoms with van der Waals surface area (Å²) in [4.78, 5) is 17.1. The van der Waals surface area contributed by atoms with E-state index >= 15 is 0 Å². The van der Waals surface area contributed by atoms with Gasteiger partial charge in [-0.3, -0.25) is 4.79 Å². The third-order valence-corrected chi connectivity index (χ3v) is 7.03. The van der Waals surface area contributed by atoms with Crippen molar-refractivity contribution in [3.05, 3.63) is 35.2 Å². The van der Waals surface area contributed by atoms with Crippen molar-refractivity contribution < 1.29 is 13.2 Å². The van der Waals surface area contributed by atoms with Gasteiger partial charge in [0.25, 0.3) is 0 Å². The fraction of sp³-hybridized carbons (Fsp3) is 0.500. The summed E-state index contributed by atoms with van der Waals surface area (Å²) < 4.78 is 24.9. The molecule has 1 amide bonds. The number of amides is 1. The lowest BCUT2D eigenvalue weighted by molar-refractivity contribution is -0.120. The smallest absolute Gasteiger partial charge is 0.230 e. The summed E-state index contributed by atoms with van der Waals surface area (Å²) >= 11 is 1.38. The number of piperidine rings is 1. The molecule has 0 spiro atoms. The summed E-state index contributed by atoms with van der Waals surface area (Å²) in [6.07, 6.45) is 2.56. The molecule has 28 heavy (non-hydrogen) atoms. The van der Waals surface area contributed by atoms with Crippen molar-refractivity contribution in [3.63, 3.8) is 0 Å². The minimum Gasteiger partial charge on any atom is -0.302 e. The first-order chi connectivity index (χ1) is 13.0. The number of benzene rings is 1. The zero-order valence-corrected chi connectivity index (χ0v) is 18.4. The Bertz CT molecular complexity index is 944. The van der Waals surface area contributed by atoms with Crippen molar-refractivity contribution in [2.45, 2.75) is 39.0 Å². The Morgan fingerprint density at radius 2 is 1.93 bits per heavy atom. The molecule has 6 nitrogen and oxygen atoms in total. The maximum absolute atomic E-state index is 12.6. The van der Waals surface area contributed by atoms with Gasteiger partial charge in [0.1, 0.15) is 0 Å². The lowest BCUT2D eigenvalue weighted by Gasteiger charge is -2.29. The van der Waals surface area contributed by atoms with Crippen LogP contribution in [0.15, 0.2) is 29.6 Å². The number of rotatable bonds is 4. The van der Waals surface area contributed by atoms with Gasteiger partial charge in [-0.15, -0.1) is 11.3 Å². The van der Waals surface area contributed by atoms with Crippen molar-refractivity contribution in [1.29, 1.82) is 0 Å². The number of carbonyl (C=O) groups excluding carboxylic acids is 1. The SMILES string of the molecule is CC(C)(C)c1ccc(-c2csc(NC(=O)C3CCCN(S(C)(=O)=O)C3)n2)cc1. The predicted molar refractivity (Wildman–Crippen MR) is 114 cm³/mol. The quantitative estimate of drug-likeness (QED) is 0.816. The summed E-state index contributed by atoms with van der Waals surface area (Å²) in [6, 6.07) is 8.31. The molecule has 2 aromatic rings. The van der Waals surface area contributed by atoms with Gasteiger partial charge in [-0.1, -0.05) is 45.0 Å². The molecule has 152 valence electrons. The van der Waals surface area contributed by atoms with Crippen LogP contribution >= 0.6 is 11.3 Å².